The first-order valence-corrected chi connectivity index (χ1v) is 6.35. The average molecular weight is 243 g/mol. The van der Waals surface area contributed by atoms with Gasteiger partial charge in [-0.25, -0.2) is 0 Å². The molecule has 2 heterocycles. The van der Waals surface area contributed by atoms with Gasteiger partial charge in [0.05, 0.1) is 0 Å². The third-order valence-electron chi connectivity index (χ3n) is 3.84. The van der Waals surface area contributed by atoms with Crippen molar-refractivity contribution in [2.75, 3.05) is 20.1 Å². The minimum absolute atomic E-state index is 0.0643. The van der Waals surface area contributed by atoms with Gasteiger partial charge in [-0.05, 0) is 19.9 Å². The van der Waals surface area contributed by atoms with E-state index >= 15 is 0 Å². The Morgan fingerprint density at radius 3 is 2.56 bits per heavy atom. The molecule has 0 radical (unpaired) electrons. The summed E-state index contributed by atoms with van der Waals surface area (Å²) < 4.78 is 0. The minimum Gasteiger partial charge on any atom is -0.308 e. The number of carbonyl (C=O) groups excluding carboxylic acids is 1. The van der Waals surface area contributed by atoms with Gasteiger partial charge < -0.3 is 10.2 Å². The monoisotopic (exact) mass is 243 g/mol. The van der Waals surface area contributed by atoms with Crippen LogP contribution in [-0.4, -0.2) is 42.3 Å². The molecule has 1 spiro atoms. The summed E-state index contributed by atoms with van der Waals surface area (Å²) in [5, 5.41) is 2.94. The summed E-state index contributed by atoms with van der Waals surface area (Å²) in [6, 6.07) is 9.85. The molecule has 0 bridgehead atoms. The van der Waals surface area contributed by atoms with E-state index in [0.29, 0.717) is 0 Å². The van der Waals surface area contributed by atoms with E-state index < -0.39 is 5.54 Å². The van der Waals surface area contributed by atoms with Crippen molar-refractivity contribution < 1.29 is 4.79 Å². The number of aliphatic imine (C=N–C) groups is 1. The first-order valence-electron chi connectivity index (χ1n) is 6.35. The fourth-order valence-electron chi connectivity index (χ4n) is 2.58. The molecule has 1 aromatic carbocycles. The van der Waals surface area contributed by atoms with Crippen molar-refractivity contribution in [1.82, 2.24) is 10.2 Å². The Morgan fingerprint density at radius 1 is 1.22 bits per heavy atom. The molecule has 0 saturated carbocycles. The number of amides is 1. The molecule has 4 nitrogen and oxygen atoms in total. The van der Waals surface area contributed by atoms with Gasteiger partial charge in [0, 0.05) is 18.7 Å². The second-order valence-corrected chi connectivity index (χ2v) is 5.12. The van der Waals surface area contributed by atoms with Crippen LogP contribution in [0.1, 0.15) is 18.4 Å². The van der Waals surface area contributed by atoms with Crippen LogP contribution in [0.4, 0.5) is 0 Å². The van der Waals surface area contributed by atoms with Crippen molar-refractivity contribution >= 4 is 11.7 Å². The number of nitrogens with one attached hydrogen (secondary N) is 1. The van der Waals surface area contributed by atoms with Gasteiger partial charge in [-0.3, -0.25) is 9.79 Å². The Kier molecular flexibility index (Phi) is 2.67. The second-order valence-electron chi connectivity index (χ2n) is 5.12. The summed E-state index contributed by atoms with van der Waals surface area (Å²) in [5.41, 5.74) is 0.471. The van der Waals surface area contributed by atoms with Crippen LogP contribution in [0.5, 0.6) is 0 Å². The first-order chi connectivity index (χ1) is 8.70. The zero-order valence-corrected chi connectivity index (χ0v) is 10.5. The molecular weight excluding hydrogens is 226 g/mol. The second kappa shape index (κ2) is 4.21. The van der Waals surface area contributed by atoms with Crippen LogP contribution in [0, 0.1) is 0 Å². The third-order valence-corrected chi connectivity index (χ3v) is 3.84. The number of carbonyl (C=O) groups is 1. The summed E-state index contributed by atoms with van der Waals surface area (Å²) in [5.74, 6) is 0.791. The highest BCUT2D eigenvalue weighted by atomic mass is 16.2. The molecule has 2 aliphatic rings. The van der Waals surface area contributed by atoms with E-state index in [9.17, 15) is 4.79 Å². The zero-order chi connectivity index (χ0) is 12.6. The molecular formula is C14H17N3O. The number of piperidine rings is 1. The van der Waals surface area contributed by atoms with E-state index in [4.69, 9.17) is 4.99 Å². The van der Waals surface area contributed by atoms with Crippen molar-refractivity contribution in [3.8, 4) is 0 Å². The summed E-state index contributed by atoms with van der Waals surface area (Å²) in [7, 11) is 2.08. The van der Waals surface area contributed by atoms with E-state index in [0.717, 1.165) is 37.3 Å². The van der Waals surface area contributed by atoms with Crippen molar-refractivity contribution in [1.29, 1.82) is 0 Å². The smallest absolute Gasteiger partial charge is 0.253 e. The van der Waals surface area contributed by atoms with Gasteiger partial charge in [0.1, 0.15) is 11.4 Å². The molecule has 1 fully saturated rings. The van der Waals surface area contributed by atoms with E-state index in [1.165, 1.54) is 0 Å². The van der Waals surface area contributed by atoms with E-state index in [1.54, 1.807) is 0 Å². The van der Waals surface area contributed by atoms with Gasteiger partial charge >= 0.3 is 0 Å². The molecule has 1 saturated heterocycles. The quantitative estimate of drug-likeness (QED) is 0.800. The van der Waals surface area contributed by atoms with Crippen LogP contribution in [0.3, 0.4) is 0 Å². The van der Waals surface area contributed by atoms with Crippen molar-refractivity contribution in [3.63, 3.8) is 0 Å². The summed E-state index contributed by atoms with van der Waals surface area (Å²) >= 11 is 0. The van der Waals surface area contributed by atoms with Crippen molar-refractivity contribution in [2.45, 2.75) is 18.4 Å². The third kappa shape index (κ3) is 1.82. The molecule has 94 valence electrons. The average Bonchev–Trinajstić information content (AvgIpc) is 2.72. The van der Waals surface area contributed by atoms with Crippen LogP contribution in [0.2, 0.25) is 0 Å². The largest absolute Gasteiger partial charge is 0.308 e. The highest BCUT2D eigenvalue weighted by Crippen LogP contribution is 2.30. The predicted octanol–water partition coefficient (Wildman–Crippen LogP) is 1.03. The van der Waals surface area contributed by atoms with Crippen molar-refractivity contribution in [3.05, 3.63) is 35.9 Å². The molecule has 0 atom stereocenters. The first kappa shape index (κ1) is 11.4. The minimum atomic E-state index is -0.516. The maximum Gasteiger partial charge on any atom is 0.253 e. The Labute approximate surface area is 107 Å². The SMILES string of the molecule is CN1CCC2(CC1)N=C(c1ccccc1)NC2=O. The van der Waals surface area contributed by atoms with Gasteiger partial charge in [0.15, 0.2) is 0 Å². The number of rotatable bonds is 1. The van der Waals surface area contributed by atoms with Gasteiger partial charge in [0.2, 0.25) is 0 Å². The molecule has 0 aromatic heterocycles. The molecule has 3 rings (SSSR count). The zero-order valence-electron chi connectivity index (χ0n) is 10.5. The summed E-state index contributed by atoms with van der Waals surface area (Å²) in [6.07, 6.45) is 1.62. The number of hydrogen-bond acceptors (Lipinski definition) is 3. The molecule has 1 amide bonds. The fourth-order valence-corrected chi connectivity index (χ4v) is 2.58. The predicted molar refractivity (Wildman–Crippen MR) is 70.6 cm³/mol. The molecule has 0 aliphatic carbocycles. The molecule has 18 heavy (non-hydrogen) atoms. The maximum atomic E-state index is 12.2. The van der Waals surface area contributed by atoms with Gasteiger partial charge in [-0.2, -0.15) is 0 Å². The molecule has 2 aliphatic heterocycles. The lowest BCUT2D eigenvalue weighted by Gasteiger charge is -2.33. The molecule has 1 aromatic rings. The maximum absolute atomic E-state index is 12.2. The number of amidine groups is 1. The summed E-state index contributed by atoms with van der Waals surface area (Å²) in [4.78, 5) is 19.1. The Balaban J connectivity index is 1.89. The van der Waals surface area contributed by atoms with Crippen LogP contribution in [-0.2, 0) is 4.79 Å². The van der Waals surface area contributed by atoms with Crippen LogP contribution >= 0.6 is 0 Å². The highest BCUT2D eigenvalue weighted by molar-refractivity contribution is 6.15. The normalized spacial score (nSPS) is 22.9. The fraction of sp³-hybridized carbons (Fsp3) is 0.429. The number of likely N-dealkylation sites (tertiary alicyclic amines) is 1. The van der Waals surface area contributed by atoms with Crippen molar-refractivity contribution in [2.24, 2.45) is 4.99 Å². The van der Waals surface area contributed by atoms with Gasteiger partial charge in [0.25, 0.3) is 5.91 Å². The van der Waals surface area contributed by atoms with Crippen LogP contribution in [0.15, 0.2) is 35.3 Å². The van der Waals surface area contributed by atoms with E-state index in [2.05, 4.69) is 17.3 Å². The lowest BCUT2D eigenvalue weighted by atomic mass is 9.88. The number of nitrogens with zero attached hydrogens (tertiary/aromatic N) is 2. The lowest BCUT2D eigenvalue weighted by Crippen LogP contribution is -2.47. The Bertz CT molecular complexity index is 487. The Hall–Kier alpha value is -1.68. The van der Waals surface area contributed by atoms with E-state index in [-0.39, 0.29) is 5.91 Å². The molecule has 1 N–H and O–H groups in total. The number of benzene rings is 1. The van der Waals surface area contributed by atoms with Gasteiger partial charge in [-0.15, -0.1) is 0 Å². The molecule has 4 heteroatoms. The Morgan fingerprint density at radius 2 is 1.89 bits per heavy atom. The van der Waals surface area contributed by atoms with Crippen LogP contribution < -0.4 is 5.32 Å². The standard InChI is InChI=1S/C14H17N3O/c1-17-9-7-14(8-10-17)13(18)15-12(16-14)11-5-3-2-4-6-11/h2-6H,7-10H2,1H3,(H,15,16,18). The molecule has 0 unspecified atom stereocenters. The van der Waals surface area contributed by atoms with Crippen LogP contribution in [0.25, 0.3) is 0 Å². The number of hydrogen-bond donors (Lipinski definition) is 1. The highest BCUT2D eigenvalue weighted by Gasteiger charge is 2.45. The summed E-state index contributed by atoms with van der Waals surface area (Å²) in [6.45, 7) is 1.86. The lowest BCUT2D eigenvalue weighted by molar-refractivity contribution is -0.125. The van der Waals surface area contributed by atoms with Gasteiger partial charge in [-0.1, -0.05) is 30.3 Å². The van der Waals surface area contributed by atoms with E-state index in [1.807, 2.05) is 30.3 Å². The topological polar surface area (TPSA) is 44.7 Å².